The molecule has 4 nitrogen and oxygen atoms in total. The highest BCUT2D eigenvalue weighted by atomic mass is 32.1. The van der Waals surface area contributed by atoms with E-state index in [1.807, 2.05) is 48.5 Å². The second-order valence-electron chi connectivity index (χ2n) is 6.72. The lowest BCUT2D eigenvalue weighted by molar-refractivity contribution is 0.0985. The maximum absolute atomic E-state index is 13.5. The molecule has 0 bridgehead atoms. The first kappa shape index (κ1) is 19.2. The van der Waals surface area contributed by atoms with Crippen molar-refractivity contribution >= 4 is 32.6 Å². The van der Waals surface area contributed by atoms with Crippen molar-refractivity contribution in [3.05, 3.63) is 89.5 Å². The Kier molecular flexibility index (Phi) is 5.58. The van der Waals surface area contributed by atoms with Crippen LogP contribution in [-0.2, 0) is 13.0 Å². The lowest BCUT2D eigenvalue weighted by Gasteiger charge is -2.20. The molecular formula is C24H22N2O2S. The molecule has 1 heterocycles. The molecule has 0 atom stereocenters. The van der Waals surface area contributed by atoms with E-state index in [1.54, 1.807) is 29.4 Å². The first-order valence-corrected chi connectivity index (χ1v) is 10.4. The number of hydrogen-bond donors (Lipinski definition) is 0. The van der Waals surface area contributed by atoms with Gasteiger partial charge in [-0.05, 0) is 41.8 Å². The van der Waals surface area contributed by atoms with Crippen LogP contribution in [0.15, 0.2) is 72.8 Å². The van der Waals surface area contributed by atoms with E-state index in [4.69, 9.17) is 9.72 Å². The normalized spacial score (nSPS) is 10.8. The molecule has 4 aromatic rings. The minimum atomic E-state index is -0.0927. The molecule has 0 aliphatic rings. The van der Waals surface area contributed by atoms with Gasteiger partial charge in [-0.3, -0.25) is 9.69 Å². The first-order valence-electron chi connectivity index (χ1n) is 9.58. The van der Waals surface area contributed by atoms with Crippen LogP contribution < -0.4 is 9.64 Å². The standard InChI is InChI=1S/C24H22N2O2S/c1-3-18-11-8-14-21-22(18)25-24(29-21)26(16-17-9-5-4-6-10-17)23(27)19-12-7-13-20(15-19)28-2/h4-15H,3,16H2,1-2H3. The number of anilines is 1. The number of para-hydroxylation sites is 1. The molecule has 0 radical (unpaired) electrons. The van der Waals surface area contributed by atoms with E-state index in [2.05, 4.69) is 25.1 Å². The molecule has 29 heavy (non-hydrogen) atoms. The zero-order chi connectivity index (χ0) is 20.2. The van der Waals surface area contributed by atoms with E-state index < -0.39 is 0 Å². The van der Waals surface area contributed by atoms with Crippen molar-refractivity contribution in [2.75, 3.05) is 12.0 Å². The van der Waals surface area contributed by atoms with Crippen LogP contribution in [0.25, 0.3) is 10.2 Å². The lowest BCUT2D eigenvalue weighted by Crippen LogP contribution is -2.30. The Morgan fingerprint density at radius 3 is 2.59 bits per heavy atom. The predicted octanol–water partition coefficient (Wildman–Crippen LogP) is 5.71. The third kappa shape index (κ3) is 4.00. The van der Waals surface area contributed by atoms with Crippen LogP contribution in [0.1, 0.15) is 28.4 Å². The summed E-state index contributed by atoms with van der Waals surface area (Å²) in [6.45, 7) is 2.58. The van der Waals surface area contributed by atoms with Gasteiger partial charge in [0.15, 0.2) is 5.13 Å². The minimum Gasteiger partial charge on any atom is -0.497 e. The molecule has 0 aliphatic heterocycles. The number of fused-ring (bicyclic) bond motifs is 1. The van der Waals surface area contributed by atoms with Crippen molar-refractivity contribution in [2.45, 2.75) is 19.9 Å². The molecule has 3 aromatic carbocycles. The SMILES string of the molecule is CCc1cccc2sc(N(Cc3ccccc3)C(=O)c3cccc(OC)c3)nc12. The van der Waals surface area contributed by atoms with Gasteiger partial charge in [-0.2, -0.15) is 0 Å². The number of nitrogens with zero attached hydrogens (tertiary/aromatic N) is 2. The Morgan fingerprint density at radius 1 is 1.03 bits per heavy atom. The average molecular weight is 403 g/mol. The molecule has 4 rings (SSSR count). The first-order chi connectivity index (χ1) is 14.2. The van der Waals surface area contributed by atoms with Crippen molar-refractivity contribution in [3.63, 3.8) is 0 Å². The van der Waals surface area contributed by atoms with Crippen LogP contribution in [0.4, 0.5) is 5.13 Å². The van der Waals surface area contributed by atoms with Gasteiger partial charge in [-0.15, -0.1) is 0 Å². The van der Waals surface area contributed by atoms with Gasteiger partial charge in [0.05, 0.1) is 23.9 Å². The molecule has 1 aromatic heterocycles. The summed E-state index contributed by atoms with van der Waals surface area (Å²) in [7, 11) is 1.60. The Balaban J connectivity index is 1.79. The quantitative estimate of drug-likeness (QED) is 0.415. The van der Waals surface area contributed by atoms with Gasteiger partial charge in [0.1, 0.15) is 5.75 Å². The number of hydrogen-bond acceptors (Lipinski definition) is 4. The van der Waals surface area contributed by atoms with E-state index in [0.29, 0.717) is 23.0 Å². The molecule has 0 fully saturated rings. The molecule has 0 N–H and O–H groups in total. The van der Waals surface area contributed by atoms with Gasteiger partial charge in [-0.1, -0.05) is 66.8 Å². The van der Waals surface area contributed by atoms with E-state index in [0.717, 1.165) is 22.2 Å². The fourth-order valence-electron chi connectivity index (χ4n) is 3.30. The van der Waals surface area contributed by atoms with Gasteiger partial charge >= 0.3 is 0 Å². The summed E-state index contributed by atoms with van der Waals surface area (Å²) in [5.41, 5.74) is 3.80. The average Bonchev–Trinajstić information content (AvgIpc) is 3.22. The van der Waals surface area contributed by atoms with Crippen molar-refractivity contribution in [3.8, 4) is 5.75 Å². The fourth-order valence-corrected chi connectivity index (χ4v) is 4.31. The molecule has 0 spiro atoms. The van der Waals surface area contributed by atoms with Crippen LogP contribution in [-0.4, -0.2) is 18.0 Å². The van der Waals surface area contributed by atoms with Gasteiger partial charge in [0, 0.05) is 5.56 Å². The van der Waals surface area contributed by atoms with Crippen molar-refractivity contribution in [1.82, 2.24) is 4.98 Å². The maximum atomic E-state index is 13.5. The number of thiazole rings is 1. The summed E-state index contributed by atoms with van der Waals surface area (Å²) in [5, 5.41) is 0.706. The smallest absolute Gasteiger partial charge is 0.260 e. The van der Waals surface area contributed by atoms with Gasteiger partial charge in [0.2, 0.25) is 0 Å². The number of ether oxygens (including phenoxy) is 1. The summed E-state index contributed by atoms with van der Waals surface area (Å²) < 4.78 is 6.40. The van der Waals surface area contributed by atoms with E-state index in [9.17, 15) is 4.79 Å². The number of carbonyl (C=O) groups is 1. The Labute approximate surface area is 174 Å². The van der Waals surface area contributed by atoms with Crippen molar-refractivity contribution in [2.24, 2.45) is 0 Å². The topological polar surface area (TPSA) is 42.4 Å². The van der Waals surface area contributed by atoms with Crippen LogP contribution in [0, 0.1) is 0 Å². The van der Waals surface area contributed by atoms with Gasteiger partial charge in [-0.25, -0.2) is 4.98 Å². The number of aryl methyl sites for hydroxylation is 1. The van der Waals surface area contributed by atoms with Crippen molar-refractivity contribution in [1.29, 1.82) is 0 Å². The summed E-state index contributed by atoms with van der Waals surface area (Å²) >= 11 is 1.55. The highest BCUT2D eigenvalue weighted by Crippen LogP contribution is 2.33. The van der Waals surface area contributed by atoms with Crippen LogP contribution in [0.3, 0.4) is 0 Å². The molecule has 0 unspecified atom stereocenters. The highest BCUT2D eigenvalue weighted by Gasteiger charge is 2.22. The summed E-state index contributed by atoms with van der Waals surface area (Å²) in [5.74, 6) is 0.568. The number of rotatable bonds is 6. The molecule has 0 aliphatic carbocycles. The molecule has 146 valence electrons. The number of carbonyl (C=O) groups excluding carboxylic acids is 1. The minimum absolute atomic E-state index is 0.0927. The summed E-state index contributed by atoms with van der Waals surface area (Å²) in [6, 6.07) is 23.4. The molecule has 0 saturated heterocycles. The molecule has 1 amide bonds. The van der Waals surface area contributed by atoms with Crippen LogP contribution >= 0.6 is 11.3 Å². The Hall–Kier alpha value is -3.18. The largest absolute Gasteiger partial charge is 0.497 e. The Morgan fingerprint density at radius 2 is 1.83 bits per heavy atom. The lowest BCUT2D eigenvalue weighted by atomic mass is 10.1. The monoisotopic (exact) mass is 402 g/mol. The third-order valence-corrected chi connectivity index (χ3v) is 5.89. The zero-order valence-corrected chi connectivity index (χ0v) is 17.3. The zero-order valence-electron chi connectivity index (χ0n) is 16.5. The van der Waals surface area contributed by atoms with E-state index in [-0.39, 0.29) is 5.91 Å². The van der Waals surface area contributed by atoms with Crippen molar-refractivity contribution < 1.29 is 9.53 Å². The second kappa shape index (κ2) is 8.45. The maximum Gasteiger partial charge on any atom is 0.260 e. The number of amides is 1. The van der Waals surface area contributed by atoms with Gasteiger partial charge < -0.3 is 4.74 Å². The van der Waals surface area contributed by atoms with Crippen LogP contribution in [0.5, 0.6) is 5.75 Å². The molecular weight excluding hydrogens is 380 g/mol. The highest BCUT2D eigenvalue weighted by molar-refractivity contribution is 7.22. The number of benzene rings is 3. The summed E-state index contributed by atoms with van der Waals surface area (Å²) in [6.07, 6.45) is 0.906. The number of methoxy groups -OCH3 is 1. The molecule has 5 heteroatoms. The number of aromatic nitrogens is 1. The van der Waals surface area contributed by atoms with E-state index in [1.165, 1.54) is 5.56 Å². The second-order valence-corrected chi connectivity index (χ2v) is 7.73. The van der Waals surface area contributed by atoms with E-state index >= 15 is 0 Å². The summed E-state index contributed by atoms with van der Waals surface area (Å²) in [4.78, 5) is 20.1. The predicted molar refractivity (Wildman–Crippen MR) is 119 cm³/mol. The van der Waals surface area contributed by atoms with Crippen LogP contribution in [0.2, 0.25) is 0 Å². The van der Waals surface area contributed by atoms with Gasteiger partial charge in [0.25, 0.3) is 5.91 Å². The Bertz CT molecular complexity index is 1140. The fraction of sp³-hybridized carbons (Fsp3) is 0.167. The third-order valence-electron chi connectivity index (χ3n) is 4.85. The molecule has 0 saturated carbocycles.